The van der Waals surface area contributed by atoms with Gasteiger partial charge in [-0.1, -0.05) is 60.1 Å². The summed E-state index contributed by atoms with van der Waals surface area (Å²) >= 11 is 6.15. The minimum Gasteiger partial charge on any atom is -0.349 e. The van der Waals surface area contributed by atoms with Crippen LogP contribution < -0.4 is 16.1 Å². The molecular formula is C29H26ClN3O4. The van der Waals surface area contributed by atoms with Crippen molar-refractivity contribution >= 4 is 47.0 Å². The van der Waals surface area contributed by atoms with Crippen molar-refractivity contribution in [1.82, 2.24) is 16.1 Å². The zero-order valence-electron chi connectivity index (χ0n) is 19.9. The Labute approximate surface area is 219 Å². The highest BCUT2D eigenvalue weighted by Gasteiger charge is 2.25. The van der Waals surface area contributed by atoms with Crippen LogP contribution in [0, 0.1) is 0 Å². The molecule has 8 heteroatoms. The average Bonchev–Trinajstić information content (AvgIpc) is 3.73. The van der Waals surface area contributed by atoms with Crippen LogP contribution in [-0.4, -0.2) is 29.0 Å². The van der Waals surface area contributed by atoms with Gasteiger partial charge >= 0.3 is 0 Å². The molecule has 0 aromatic heterocycles. The lowest BCUT2D eigenvalue weighted by Crippen LogP contribution is -2.26. The molecule has 0 saturated heterocycles. The molecule has 37 heavy (non-hydrogen) atoms. The summed E-state index contributed by atoms with van der Waals surface area (Å²) in [5.41, 5.74) is 5.68. The number of hydrogen-bond donors (Lipinski definition) is 4. The Kier molecular flexibility index (Phi) is 8.51. The number of carbonyl (C=O) groups excluding carboxylic acids is 3. The molecule has 7 nitrogen and oxygen atoms in total. The molecule has 3 amide bonds. The maximum absolute atomic E-state index is 12.9. The molecule has 0 spiro atoms. The SMILES string of the molecule is O=C(/C=C/c1ccc(/C=C(/C(=O)NC2CC2)c2cccc(Cl)c2)cc1)NCc1ccc(C(=O)NO)cc1. The lowest BCUT2D eigenvalue weighted by molar-refractivity contribution is -0.117. The van der Waals surface area contributed by atoms with Crippen LogP contribution in [0.3, 0.4) is 0 Å². The molecule has 3 aromatic rings. The van der Waals surface area contributed by atoms with Gasteiger partial charge in [0.2, 0.25) is 5.91 Å². The van der Waals surface area contributed by atoms with Crippen LogP contribution in [-0.2, 0) is 16.1 Å². The van der Waals surface area contributed by atoms with E-state index in [2.05, 4.69) is 10.6 Å². The summed E-state index contributed by atoms with van der Waals surface area (Å²) in [6.45, 7) is 0.295. The second-order valence-electron chi connectivity index (χ2n) is 8.67. The van der Waals surface area contributed by atoms with Crippen molar-refractivity contribution < 1.29 is 19.6 Å². The first-order valence-electron chi connectivity index (χ1n) is 11.8. The minimum atomic E-state index is -0.595. The number of hydroxylamine groups is 1. The summed E-state index contributed by atoms with van der Waals surface area (Å²) in [7, 11) is 0. The van der Waals surface area contributed by atoms with Gasteiger partial charge in [0.1, 0.15) is 0 Å². The van der Waals surface area contributed by atoms with E-state index >= 15 is 0 Å². The van der Waals surface area contributed by atoms with E-state index in [1.165, 1.54) is 6.08 Å². The Balaban J connectivity index is 1.38. The van der Waals surface area contributed by atoms with Gasteiger partial charge in [-0.25, -0.2) is 5.48 Å². The molecule has 1 aliphatic rings. The third-order valence-electron chi connectivity index (χ3n) is 5.75. The summed E-state index contributed by atoms with van der Waals surface area (Å²) in [6, 6.07) is 21.5. The van der Waals surface area contributed by atoms with Gasteiger partial charge in [-0.05, 0) is 71.5 Å². The highest BCUT2D eigenvalue weighted by molar-refractivity contribution is 6.31. The molecule has 4 rings (SSSR count). The van der Waals surface area contributed by atoms with Crippen molar-refractivity contribution in [2.24, 2.45) is 0 Å². The first kappa shape index (κ1) is 25.9. The normalized spacial score (nSPS) is 13.3. The van der Waals surface area contributed by atoms with Crippen LogP contribution in [0.4, 0.5) is 0 Å². The van der Waals surface area contributed by atoms with Crippen molar-refractivity contribution in [3.05, 3.63) is 112 Å². The lowest BCUT2D eigenvalue weighted by atomic mass is 10.0. The summed E-state index contributed by atoms with van der Waals surface area (Å²) < 4.78 is 0. The van der Waals surface area contributed by atoms with E-state index in [0.717, 1.165) is 35.1 Å². The molecule has 0 aliphatic heterocycles. The summed E-state index contributed by atoms with van der Waals surface area (Å²) in [5.74, 6) is -0.986. The number of halogens is 1. The highest BCUT2D eigenvalue weighted by atomic mass is 35.5. The number of hydrogen-bond acceptors (Lipinski definition) is 4. The van der Waals surface area contributed by atoms with E-state index in [1.54, 1.807) is 48.0 Å². The van der Waals surface area contributed by atoms with Crippen LogP contribution in [0.25, 0.3) is 17.7 Å². The van der Waals surface area contributed by atoms with Crippen LogP contribution in [0.15, 0.2) is 78.9 Å². The second kappa shape index (κ2) is 12.2. The Morgan fingerprint density at radius 1 is 0.919 bits per heavy atom. The second-order valence-corrected chi connectivity index (χ2v) is 9.11. The summed E-state index contributed by atoms with van der Waals surface area (Å²) in [5, 5.41) is 15.0. The van der Waals surface area contributed by atoms with Crippen LogP contribution in [0.5, 0.6) is 0 Å². The molecule has 4 N–H and O–H groups in total. The van der Waals surface area contributed by atoms with E-state index in [4.69, 9.17) is 16.8 Å². The largest absolute Gasteiger partial charge is 0.349 e. The Morgan fingerprint density at radius 3 is 2.27 bits per heavy atom. The van der Waals surface area contributed by atoms with Crippen LogP contribution in [0.2, 0.25) is 5.02 Å². The quantitative estimate of drug-likeness (QED) is 0.144. The maximum Gasteiger partial charge on any atom is 0.274 e. The average molecular weight is 516 g/mol. The van der Waals surface area contributed by atoms with Crippen LogP contribution in [0.1, 0.15) is 45.5 Å². The molecule has 0 atom stereocenters. The van der Waals surface area contributed by atoms with E-state index in [9.17, 15) is 14.4 Å². The Hall–Kier alpha value is -4.20. The zero-order valence-corrected chi connectivity index (χ0v) is 20.7. The van der Waals surface area contributed by atoms with Crippen molar-refractivity contribution in [2.75, 3.05) is 0 Å². The molecule has 0 bridgehead atoms. The van der Waals surface area contributed by atoms with Crippen LogP contribution >= 0.6 is 11.6 Å². The number of benzene rings is 3. The van der Waals surface area contributed by atoms with Gasteiger partial charge in [-0.3, -0.25) is 19.6 Å². The zero-order chi connectivity index (χ0) is 26.2. The Bertz CT molecular complexity index is 1340. The first-order chi connectivity index (χ1) is 17.9. The number of nitrogens with one attached hydrogen (secondary N) is 3. The summed E-state index contributed by atoms with van der Waals surface area (Å²) in [6.07, 6.45) is 6.98. The fourth-order valence-electron chi connectivity index (χ4n) is 3.56. The van der Waals surface area contributed by atoms with E-state index < -0.39 is 5.91 Å². The van der Waals surface area contributed by atoms with Crippen molar-refractivity contribution in [3.63, 3.8) is 0 Å². The summed E-state index contributed by atoms with van der Waals surface area (Å²) in [4.78, 5) is 36.5. The molecule has 1 aliphatic carbocycles. The van der Waals surface area contributed by atoms with Gasteiger partial charge in [0, 0.05) is 34.8 Å². The Morgan fingerprint density at radius 2 is 1.62 bits per heavy atom. The third kappa shape index (κ3) is 7.64. The topological polar surface area (TPSA) is 108 Å². The first-order valence-corrected chi connectivity index (χ1v) is 12.2. The fraction of sp³-hybridized carbons (Fsp3) is 0.138. The van der Waals surface area contributed by atoms with Crippen molar-refractivity contribution in [1.29, 1.82) is 0 Å². The molecule has 1 fully saturated rings. The predicted octanol–water partition coefficient (Wildman–Crippen LogP) is 4.61. The molecule has 3 aromatic carbocycles. The van der Waals surface area contributed by atoms with Crippen molar-refractivity contribution in [3.8, 4) is 0 Å². The smallest absolute Gasteiger partial charge is 0.274 e. The molecule has 0 radical (unpaired) electrons. The van der Waals surface area contributed by atoms with Gasteiger partial charge < -0.3 is 10.6 Å². The van der Waals surface area contributed by atoms with E-state index in [1.807, 2.05) is 42.5 Å². The lowest BCUT2D eigenvalue weighted by Gasteiger charge is -2.10. The van der Waals surface area contributed by atoms with Gasteiger partial charge in [-0.15, -0.1) is 0 Å². The van der Waals surface area contributed by atoms with Gasteiger partial charge in [0.15, 0.2) is 0 Å². The number of amides is 3. The van der Waals surface area contributed by atoms with E-state index in [0.29, 0.717) is 22.7 Å². The minimum absolute atomic E-state index is 0.128. The molecule has 0 unspecified atom stereocenters. The maximum atomic E-state index is 12.9. The van der Waals surface area contributed by atoms with Crippen molar-refractivity contribution in [2.45, 2.75) is 25.4 Å². The predicted molar refractivity (Wildman–Crippen MR) is 144 cm³/mol. The highest BCUT2D eigenvalue weighted by Crippen LogP contribution is 2.25. The fourth-order valence-corrected chi connectivity index (χ4v) is 3.75. The monoisotopic (exact) mass is 515 g/mol. The standard InChI is InChI=1S/C29H26ClN3O4/c30-24-3-1-2-23(17-24)26(29(36)32-25-13-14-25)16-20-6-4-19(5-7-20)10-15-27(34)31-18-21-8-11-22(12-9-21)28(35)33-37/h1-12,15-17,25,37H,13-14,18H2,(H,31,34)(H,32,36)(H,33,35)/b15-10+,26-16+. The molecule has 1 saturated carbocycles. The molecule has 188 valence electrons. The third-order valence-corrected chi connectivity index (χ3v) is 5.99. The molecule has 0 heterocycles. The molecular weight excluding hydrogens is 490 g/mol. The van der Waals surface area contributed by atoms with Gasteiger partial charge in [-0.2, -0.15) is 0 Å². The number of rotatable bonds is 9. The van der Waals surface area contributed by atoms with Gasteiger partial charge in [0.05, 0.1) is 0 Å². The van der Waals surface area contributed by atoms with E-state index in [-0.39, 0.29) is 17.9 Å². The number of carbonyl (C=O) groups is 3. The van der Waals surface area contributed by atoms with Gasteiger partial charge in [0.25, 0.3) is 11.8 Å².